The van der Waals surface area contributed by atoms with E-state index in [-0.39, 0.29) is 12.6 Å². The monoisotopic (exact) mass is 227 g/mol. The molecule has 15 heavy (non-hydrogen) atoms. The molecule has 0 aliphatic carbocycles. The maximum atomic E-state index is 11.8. The standard InChI is InChI=1S/C11H18NO2P/c1-15(2,14)11-5-3-4-9(7-11)6-10(12)8-13/h3-5,7,10,13H,6,8,12H2,1-2H3. The van der Waals surface area contributed by atoms with E-state index in [1.807, 2.05) is 24.3 Å². The number of rotatable bonds is 4. The van der Waals surface area contributed by atoms with Gasteiger partial charge in [-0.1, -0.05) is 18.2 Å². The van der Waals surface area contributed by atoms with Gasteiger partial charge in [0.25, 0.3) is 0 Å². The van der Waals surface area contributed by atoms with Gasteiger partial charge in [-0.2, -0.15) is 0 Å². The van der Waals surface area contributed by atoms with Crippen molar-refractivity contribution in [3.8, 4) is 0 Å². The third-order valence-electron chi connectivity index (χ3n) is 2.26. The summed E-state index contributed by atoms with van der Waals surface area (Å²) in [7, 11) is -2.20. The first-order chi connectivity index (χ1) is 6.93. The van der Waals surface area contributed by atoms with Crippen LogP contribution in [0.15, 0.2) is 24.3 Å². The molecular formula is C11H18NO2P. The molecule has 0 heterocycles. The van der Waals surface area contributed by atoms with Crippen LogP contribution in [0.2, 0.25) is 0 Å². The molecule has 0 aliphatic rings. The van der Waals surface area contributed by atoms with Crippen molar-refractivity contribution in [2.45, 2.75) is 12.5 Å². The fraction of sp³-hybridized carbons (Fsp3) is 0.455. The molecule has 0 spiro atoms. The molecule has 0 fully saturated rings. The number of aliphatic hydroxyl groups excluding tert-OH is 1. The summed E-state index contributed by atoms with van der Waals surface area (Å²) in [6, 6.07) is 7.36. The Kier molecular flexibility index (Phi) is 4.09. The van der Waals surface area contributed by atoms with Crippen molar-refractivity contribution in [3.05, 3.63) is 29.8 Å². The number of nitrogens with two attached hydrogens (primary N) is 1. The minimum atomic E-state index is -2.20. The van der Waals surface area contributed by atoms with Gasteiger partial charge in [0.1, 0.15) is 7.14 Å². The maximum Gasteiger partial charge on any atom is 0.109 e. The Balaban J connectivity index is 2.89. The predicted molar refractivity (Wildman–Crippen MR) is 64.3 cm³/mol. The molecule has 1 unspecified atom stereocenters. The summed E-state index contributed by atoms with van der Waals surface area (Å²) in [6.07, 6.45) is 0.615. The van der Waals surface area contributed by atoms with Gasteiger partial charge in [-0.15, -0.1) is 0 Å². The Hall–Kier alpha value is -0.630. The Bertz CT molecular complexity index is 373. The molecule has 3 N–H and O–H groups in total. The van der Waals surface area contributed by atoms with Crippen LogP contribution in [0.1, 0.15) is 5.56 Å². The molecule has 0 amide bonds. The quantitative estimate of drug-likeness (QED) is 0.748. The number of hydrogen-bond donors (Lipinski definition) is 2. The van der Waals surface area contributed by atoms with Gasteiger partial charge in [-0.05, 0) is 31.4 Å². The highest BCUT2D eigenvalue weighted by molar-refractivity contribution is 7.70. The van der Waals surface area contributed by atoms with Gasteiger partial charge < -0.3 is 15.4 Å². The van der Waals surface area contributed by atoms with Crippen LogP contribution in [-0.2, 0) is 11.0 Å². The average molecular weight is 227 g/mol. The molecule has 1 aromatic carbocycles. The van der Waals surface area contributed by atoms with Crippen molar-refractivity contribution in [3.63, 3.8) is 0 Å². The highest BCUT2D eigenvalue weighted by atomic mass is 31.2. The Morgan fingerprint density at radius 2 is 2.13 bits per heavy atom. The second-order valence-corrected chi connectivity index (χ2v) is 7.39. The van der Waals surface area contributed by atoms with E-state index >= 15 is 0 Å². The summed E-state index contributed by atoms with van der Waals surface area (Å²) >= 11 is 0. The summed E-state index contributed by atoms with van der Waals surface area (Å²) < 4.78 is 11.8. The number of benzene rings is 1. The molecule has 0 radical (unpaired) electrons. The average Bonchev–Trinajstić information content (AvgIpc) is 2.17. The largest absolute Gasteiger partial charge is 0.395 e. The first kappa shape index (κ1) is 12.4. The van der Waals surface area contributed by atoms with E-state index in [1.54, 1.807) is 13.3 Å². The molecule has 1 rings (SSSR count). The van der Waals surface area contributed by atoms with Gasteiger partial charge in [0.15, 0.2) is 0 Å². The fourth-order valence-corrected chi connectivity index (χ4v) is 2.31. The molecule has 3 nitrogen and oxygen atoms in total. The van der Waals surface area contributed by atoms with Gasteiger partial charge in [0, 0.05) is 11.3 Å². The normalized spacial score (nSPS) is 13.9. The van der Waals surface area contributed by atoms with Crippen molar-refractivity contribution >= 4 is 12.4 Å². The van der Waals surface area contributed by atoms with Gasteiger partial charge in [0.2, 0.25) is 0 Å². The van der Waals surface area contributed by atoms with E-state index in [1.165, 1.54) is 0 Å². The van der Waals surface area contributed by atoms with Crippen molar-refractivity contribution in [1.82, 2.24) is 0 Å². The molecule has 1 atom stereocenters. The lowest BCUT2D eigenvalue weighted by Gasteiger charge is -2.11. The Morgan fingerprint density at radius 3 is 2.67 bits per heavy atom. The predicted octanol–water partition coefficient (Wildman–Crippen LogP) is 0.797. The van der Waals surface area contributed by atoms with Crippen LogP contribution in [0.4, 0.5) is 0 Å². The molecule has 0 aliphatic heterocycles. The molecule has 4 heteroatoms. The smallest absolute Gasteiger partial charge is 0.109 e. The molecule has 0 saturated heterocycles. The fourth-order valence-electron chi connectivity index (χ4n) is 1.39. The van der Waals surface area contributed by atoms with Crippen LogP contribution in [0.5, 0.6) is 0 Å². The second kappa shape index (κ2) is 4.93. The third kappa shape index (κ3) is 3.78. The topological polar surface area (TPSA) is 63.3 Å². The van der Waals surface area contributed by atoms with Crippen LogP contribution >= 0.6 is 7.14 Å². The van der Waals surface area contributed by atoms with Gasteiger partial charge in [0.05, 0.1) is 6.61 Å². The van der Waals surface area contributed by atoms with E-state index < -0.39 is 7.14 Å². The van der Waals surface area contributed by atoms with Gasteiger partial charge in [-0.25, -0.2) is 0 Å². The summed E-state index contributed by atoms with van der Waals surface area (Å²) in [6.45, 7) is 3.47. The molecule has 0 bridgehead atoms. The molecule has 0 saturated carbocycles. The first-order valence-electron chi connectivity index (χ1n) is 4.94. The zero-order chi connectivity index (χ0) is 11.5. The van der Waals surface area contributed by atoms with Crippen molar-refractivity contribution in [2.24, 2.45) is 5.73 Å². The van der Waals surface area contributed by atoms with Crippen LogP contribution in [0.25, 0.3) is 0 Å². The van der Waals surface area contributed by atoms with Crippen LogP contribution in [0, 0.1) is 0 Å². The molecular weight excluding hydrogens is 209 g/mol. The second-order valence-electron chi connectivity index (χ2n) is 4.17. The number of aliphatic hydroxyl groups is 1. The highest BCUT2D eigenvalue weighted by Crippen LogP contribution is 2.34. The van der Waals surface area contributed by atoms with E-state index in [2.05, 4.69) is 0 Å². The zero-order valence-corrected chi connectivity index (χ0v) is 10.1. The minimum Gasteiger partial charge on any atom is -0.395 e. The van der Waals surface area contributed by atoms with E-state index in [4.69, 9.17) is 10.8 Å². The number of hydrogen-bond acceptors (Lipinski definition) is 3. The van der Waals surface area contributed by atoms with Crippen molar-refractivity contribution in [2.75, 3.05) is 19.9 Å². The van der Waals surface area contributed by atoms with Gasteiger partial charge in [-0.3, -0.25) is 0 Å². The van der Waals surface area contributed by atoms with Crippen LogP contribution in [0.3, 0.4) is 0 Å². The SMILES string of the molecule is CP(C)(=O)c1cccc(CC(N)CO)c1. The third-order valence-corrected chi connectivity index (χ3v) is 3.79. The lowest BCUT2D eigenvalue weighted by atomic mass is 10.1. The Morgan fingerprint density at radius 1 is 1.47 bits per heavy atom. The summed E-state index contributed by atoms with van der Waals surface area (Å²) in [4.78, 5) is 0. The summed E-state index contributed by atoms with van der Waals surface area (Å²) in [5.74, 6) is 0. The van der Waals surface area contributed by atoms with Crippen molar-refractivity contribution in [1.29, 1.82) is 0 Å². The minimum absolute atomic E-state index is 0.0276. The summed E-state index contributed by atoms with van der Waals surface area (Å²) in [5.41, 5.74) is 6.67. The molecule has 1 aromatic rings. The molecule has 0 aromatic heterocycles. The lowest BCUT2D eigenvalue weighted by molar-refractivity contribution is 0.265. The van der Waals surface area contributed by atoms with E-state index in [0.29, 0.717) is 6.42 Å². The summed E-state index contributed by atoms with van der Waals surface area (Å²) in [5, 5.41) is 9.71. The maximum absolute atomic E-state index is 11.8. The first-order valence-corrected chi connectivity index (χ1v) is 7.54. The van der Waals surface area contributed by atoms with Crippen molar-refractivity contribution < 1.29 is 9.67 Å². The highest BCUT2D eigenvalue weighted by Gasteiger charge is 2.11. The Labute approximate surface area is 90.7 Å². The zero-order valence-electron chi connectivity index (χ0n) is 9.18. The van der Waals surface area contributed by atoms with Gasteiger partial charge >= 0.3 is 0 Å². The van der Waals surface area contributed by atoms with E-state index in [9.17, 15) is 4.57 Å². The van der Waals surface area contributed by atoms with E-state index in [0.717, 1.165) is 10.9 Å². The van der Waals surface area contributed by atoms with Crippen LogP contribution in [-0.4, -0.2) is 31.1 Å². The van der Waals surface area contributed by atoms with Crippen LogP contribution < -0.4 is 11.0 Å². The lowest BCUT2D eigenvalue weighted by Crippen LogP contribution is -2.27. The molecule has 84 valence electrons.